The zero-order chi connectivity index (χ0) is 11.3. The summed E-state index contributed by atoms with van der Waals surface area (Å²) in [5.41, 5.74) is 2.01. The van der Waals surface area contributed by atoms with Crippen LogP contribution in [0.3, 0.4) is 0 Å². The van der Waals surface area contributed by atoms with Crippen LogP contribution >= 0.6 is 0 Å². The van der Waals surface area contributed by atoms with Crippen molar-refractivity contribution in [2.45, 2.75) is 39.0 Å². The smallest absolute Gasteiger partial charge is 0.0471 e. The van der Waals surface area contributed by atoms with Gasteiger partial charge in [-0.1, -0.05) is 37.3 Å². The Labute approximate surface area is 98.8 Å². The SMILES string of the molecule is CC1(CCCc2ccccc2)CCOCC1. The highest BCUT2D eigenvalue weighted by Crippen LogP contribution is 2.34. The predicted octanol–water partition coefficient (Wildman–Crippen LogP) is 3.83. The molecule has 1 aromatic rings. The van der Waals surface area contributed by atoms with Crippen molar-refractivity contribution in [1.82, 2.24) is 0 Å². The second-order valence-corrected chi connectivity index (χ2v) is 5.26. The van der Waals surface area contributed by atoms with E-state index >= 15 is 0 Å². The van der Waals surface area contributed by atoms with Crippen LogP contribution in [0.15, 0.2) is 30.3 Å². The van der Waals surface area contributed by atoms with Gasteiger partial charge in [-0.3, -0.25) is 0 Å². The topological polar surface area (TPSA) is 9.23 Å². The van der Waals surface area contributed by atoms with Crippen molar-refractivity contribution in [3.8, 4) is 0 Å². The van der Waals surface area contributed by atoms with Crippen molar-refractivity contribution in [3.05, 3.63) is 35.9 Å². The molecule has 0 aromatic heterocycles. The lowest BCUT2D eigenvalue weighted by molar-refractivity contribution is 0.0189. The standard InChI is InChI=1S/C15H22O/c1-15(10-12-16-13-11-15)9-5-8-14-6-3-2-4-7-14/h2-4,6-7H,5,8-13H2,1H3. The highest BCUT2D eigenvalue weighted by Gasteiger charge is 2.26. The Hall–Kier alpha value is -0.820. The monoisotopic (exact) mass is 218 g/mol. The van der Waals surface area contributed by atoms with E-state index in [4.69, 9.17) is 4.74 Å². The van der Waals surface area contributed by atoms with Crippen molar-refractivity contribution >= 4 is 0 Å². The molecule has 0 bridgehead atoms. The third-order valence-corrected chi connectivity index (χ3v) is 3.79. The summed E-state index contributed by atoms with van der Waals surface area (Å²) in [7, 11) is 0. The van der Waals surface area contributed by atoms with Crippen LogP contribution in [0.1, 0.15) is 38.2 Å². The summed E-state index contributed by atoms with van der Waals surface area (Å²) in [5, 5.41) is 0. The van der Waals surface area contributed by atoms with Crippen LogP contribution < -0.4 is 0 Å². The quantitative estimate of drug-likeness (QED) is 0.746. The molecule has 0 spiro atoms. The third-order valence-electron chi connectivity index (χ3n) is 3.79. The molecule has 0 amide bonds. The summed E-state index contributed by atoms with van der Waals surface area (Å²) in [4.78, 5) is 0. The Morgan fingerprint density at radius 3 is 2.50 bits per heavy atom. The molecule has 0 radical (unpaired) electrons. The molecule has 1 fully saturated rings. The van der Waals surface area contributed by atoms with Crippen molar-refractivity contribution < 1.29 is 4.74 Å². The van der Waals surface area contributed by atoms with E-state index < -0.39 is 0 Å². The third kappa shape index (κ3) is 3.34. The van der Waals surface area contributed by atoms with Crippen LogP contribution in [0.2, 0.25) is 0 Å². The molecule has 1 aliphatic rings. The van der Waals surface area contributed by atoms with Crippen LogP contribution in [-0.2, 0) is 11.2 Å². The summed E-state index contributed by atoms with van der Waals surface area (Å²) in [6.45, 7) is 4.34. The van der Waals surface area contributed by atoms with Gasteiger partial charge in [0.25, 0.3) is 0 Å². The van der Waals surface area contributed by atoms with E-state index in [1.807, 2.05) is 0 Å². The van der Waals surface area contributed by atoms with Gasteiger partial charge in [-0.15, -0.1) is 0 Å². The van der Waals surface area contributed by atoms with Crippen molar-refractivity contribution in [1.29, 1.82) is 0 Å². The number of hydrogen-bond acceptors (Lipinski definition) is 1. The van der Waals surface area contributed by atoms with Gasteiger partial charge in [0.15, 0.2) is 0 Å². The van der Waals surface area contributed by atoms with Crippen LogP contribution in [0.5, 0.6) is 0 Å². The van der Waals surface area contributed by atoms with Gasteiger partial charge in [0.05, 0.1) is 0 Å². The number of ether oxygens (including phenoxy) is 1. The average molecular weight is 218 g/mol. The molecule has 1 heteroatoms. The van der Waals surface area contributed by atoms with Crippen LogP contribution in [0.25, 0.3) is 0 Å². The molecule has 0 atom stereocenters. The van der Waals surface area contributed by atoms with Gasteiger partial charge in [-0.25, -0.2) is 0 Å². The Bertz CT molecular complexity index is 298. The first-order valence-electron chi connectivity index (χ1n) is 6.40. The maximum absolute atomic E-state index is 5.43. The van der Waals surface area contributed by atoms with E-state index in [0.29, 0.717) is 5.41 Å². The predicted molar refractivity (Wildman–Crippen MR) is 67.5 cm³/mol. The molecule has 1 saturated heterocycles. The molecule has 2 rings (SSSR count). The number of hydrogen-bond donors (Lipinski definition) is 0. The lowest BCUT2D eigenvalue weighted by Gasteiger charge is -2.33. The molecule has 1 aromatic carbocycles. The molecule has 1 aliphatic heterocycles. The van der Waals surface area contributed by atoms with E-state index in [1.165, 1.54) is 37.7 Å². The Morgan fingerprint density at radius 1 is 1.12 bits per heavy atom. The summed E-state index contributed by atoms with van der Waals surface area (Å²) in [6, 6.07) is 10.8. The fourth-order valence-corrected chi connectivity index (χ4v) is 2.48. The maximum atomic E-state index is 5.43. The van der Waals surface area contributed by atoms with Gasteiger partial charge in [-0.05, 0) is 43.1 Å². The first kappa shape index (κ1) is 11.7. The highest BCUT2D eigenvalue weighted by molar-refractivity contribution is 5.14. The molecule has 88 valence electrons. The first-order chi connectivity index (χ1) is 7.79. The molecule has 0 aliphatic carbocycles. The van der Waals surface area contributed by atoms with E-state index in [9.17, 15) is 0 Å². The lowest BCUT2D eigenvalue weighted by atomic mass is 9.78. The van der Waals surface area contributed by atoms with Crippen molar-refractivity contribution in [2.75, 3.05) is 13.2 Å². The normalized spacial score (nSPS) is 19.6. The molecule has 0 unspecified atom stereocenters. The van der Waals surface area contributed by atoms with Crippen LogP contribution in [-0.4, -0.2) is 13.2 Å². The zero-order valence-corrected chi connectivity index (χ0v) is 10.2. The van der Waals surface area contributed by atoms with Gasteiger partial charge in [0.2, 0.25) is 0 Å². The largest absolute Gasteiger partial charge is 0.381 e. The first-order valence-corrected chi connectivity index (χ1v) is 6.40. The summed E-state index contributed by atoms with van der Waals surface area (Å²) in [6.07, 6.45) is 6.34. The van der Waals surface area contributed by atoms with E-state index in [0.717, 1.165) is 13.2 Å². The summed E-state index contributed by atoms with van der Waals surface area (Å²) >= 11 is 0. The van der Waals surface area contributed by atoms with Gasteiger partial charge >= 0.3 is 0 Å². The second-order valence-electron chi connectivity index (χ2n) is 5.26. The minimum absolute atomic E-state index is 0.535. The van der Waals surface area contributed by atoms with E-state index in [2.05, 4.69) is 37.3 Å². The highest BCUT2D eigenvalue weighted by atomic mass is 16.5. The Morgan fingerprint density at radius 2 is 1.81 bits per heavy atom. The minimum Gasteiger partial charge on any atom is -0.381 e. The molecule has 1 nitrogen and oxygen atoms in total. The number of aryl methyl sites for hydroxylation is 1. The number of rotatable bonds is 4. The maximum Gasteiger partial charge on any atom is 0.0471 e. The van der Waals surface area contributed by atoms with E-state index in [1.54, 1.807) is 0 Å². The molecular formula is C15H22O. The van der Waals surface area contributed by atoms with E-state index in [-0.39, 0.29) is 0 Å². The van der Waals surface area contributed by atoms with Gasteiger partial charge in [0.1, 0.15) is 0 Å². The summed E-state index contributed by atoms with van der Waals surface area (Å²) < 4.78 is 5.43. The molecule has 0 N–H and O–H groups in total. The Balaban J connectivity index is 1.75. The van der Waals surface area contributed by atoms with Crippen LogP contribution in [0.4, 0.5) is 0 Å². The fraction of sp³-hybridized carbons (Fsp3) is 0.600. The molecule has 0 saturated carbocycles. The van der Waals surface area contributed by atoms with Gasteiger partial charge in [-0.2, -0.15) is 0 Å². The molecule has 1 heterocycles. The minimum atomic E-state index is 0.535. The molecule has 16 heavy (non-hydrogen) atoms. The molecular weight excluding hydrogens is 196 g/mol. The lowest BCUT2D eigenvalue weighted by Crippen LogP contribution is -2.26. The van der Waals surface area contributed by atoms with Crippen molar-refractivity contribution in [3.63, 3.8) is 0 Å². The zero-order valence-electron chi connectivity index (χ0n) is 10.2. The second kappa shape index (κ2) is 5.49. The van der Waals surface area contributed by atoms with Crippen LogP contribution in [0, 0.1) is 5.41 Å². The van der Waals surface area contributed by atoms with Crippen molar-refractivity contribution in [2.24, 2.45) is 5.41 Å². The average Bonchev–Trinajstić information content (AvgIpc) is 2.31. The number of benzene rings is 1. The summed E-state index contributed by atoms with van der Waals surface area (Å²) in [5.74, 6) is 0. The van der Waals surface area contributed by atoms with Gasteiger partial charge in [0, 0.05) is 13.2 Å². The Kier molecular flexibility index (Phi) is 4.00. The fourth-order valence-electron chi connectivity index (χ4n) is 2.48. The van der Waals surface area contributed by atoms with Gasteiger partial charge < -0.3 is 4.74 Å².